The second-order valence-electron chi connectivity index (χ2n) is 5.08. The first-order valence-corrected chi connectivity index (χ1v) is 7.05. The van der Waals surface area contributed by atoms with Crippen LogP contribution in [0.2, 0.25) is 0 Å². The quantitative estimate of drug-likeness (QED) is 0.812. The van der Waals surface area contributed by atoms with E-state index in [4.69, 9.17) is 9.47 Å². The summed E-state index contributed by atoms with van der Waals surface area (Å²) in [6.45, 7) is -0.271. The molecule has 0 bridgehead atoms. The number of nitrogens with zero attached hydrogens (tertiary/aromatic N) is 1. The van der Waals surface area contributed by atoms with Crippen LogP contribution in [-0.4, -0.2) is 31.6 Å². The van der Waals surface area contributed by atoms with Crippen LogP contribution in [0.5, 0.6) is 11.5 Å². The Bertz CT molecular complexity index is 737. The van der Waals surface area contributed by atoms with Crippen LogP contribution in [0.4, 0.5) is 13.2 Å². The number of amides is 1. The van der Waals surface area contributed by atoms with Gasteiger partial charge in [0.05, 0.1) is 7.11 Å². The van der Waals surface area contributed by atoms with E-state index in [2.05, 4.69) is 0 Å². The van der Waals surface area contributed by atoms with Gasteiger partial charge in [0.2, 0.25) is 0 Å². The Labute approximate surface area is 137 Å². The van der Waals surface area contributed by atoms with Crippen molar-refractivity contribution in [1.29, 1.82) is 0 Å². The molecule has 128 valence electrons. The Morgan fingerprint density at radius 2 is 1.71 bits per heavy atom. The highest BCUT2D eigenvalue weighted by Crippen LogP contribution is 2.19. The zero-order chi connectivity index (χ0) is 17.7. The molecule has 0 saturated carbocycles. The first-order chi connectivity index (χ1) is 11.4. The van der Waals surface area contributed by atoms with Gasteiger partial charge in [0, 0.05) is 19.7 Å². The van der Waals surface area contributed by atoms with E-state index in [0.717, 1.165) is 12.1 Å². The summed E-state index contributed by atoms with van der Waals surface area (Å²) >= 11 is 0. The molecule has 0 saturated heterocycles. The Morgan fingerprint density at radius 1 is 1.04 bits per heavy atom. The lowest BCUT2D eigenvalue weighted by Gasteiger charge is -2.18. The molecule has 2 aromatic rings. The molecule has 2 aromatic carbocycles. The van der Waals surface area contributed by atoms with Crippen molar-refractivity contribution in [1.82, 2.24) is 4.90 Å². The molecule has 4 nitrogen and oxygen atoms in total. The molecule has 0 unspecified atom stereocenters. The number of halogens is 3. The van der Waals surface area contributed by atoms with Gasteiger partial charge in [-0.25, -0.2) is 13.2 Å². The van der Waals surface area contributed by atoms with Crippen LogP contribution in [0.15, 0.2) is 36.4 Å². The van der Waals surface area contributed by atoms with Crippen molar-refractivity contribution in [2.24, 2.45) is 0 Å². The number of ether oxygens (including phenoxy) is 2. The van der Waals surface area contributed by atoms with Crippen molar-refractivity contribution >= 4 is 5.91 Å². The summed E-state index contributed by atoms with van der Waals surface area (Å²) in [7, 11) is 2.87. The number of carbonyl (C=O) groups excluding carboxylic acids is 1. The summed E-state index contributed by atoms with van der Waals surface area (Å²) in [5, 5.41) is 0. The van der Waals surface area contributed by atoms with Crippen molar-refractivity contribution in [2.75, 3.05) is 20.8 Å². The number of likely N-dealkylation sites (N-methyl/N-ethyl adjacent to an activating group) is 1. The minimum absolute atomic E-state index is 0.114. The molecule has 0 aliphatic rings. The number of hydrogen-bond donors (Lipinski definition) is 0. The summed E-state index contributed by atoms with van der Waals surface area (Å²) in [6.07, 6.45) is 0. The third-order valence-corrected chi connectivity index (χ3v) is 3.31. The van der Waals surface area contributed by atoms with Crippen LogP contribution in [0.3, 0.4) is 0 Å². The highest BCUT2D eigenvalue weighted by Gasteiger charge is 2.13. The smallest absolute Gasteiger partial charge is 0.260 e. The van der Waals surface area contributed by atoms with Crippen molar-refractivity contribution in [3.8, 4) is 11.5 Å². The third-order valence-electron chi connectivity index (χ3n) is 3.31. The molecule has 0 atom stereocenters. The van der Waals surface area contributed by atoms with E-state index < -0.39 is 30.0 Å². The van der Waals surface area contributed by atoms with Gasteiger partial charge in [0.1, 0.15) is 5.82 Å². The van der Waals surface area contributed by atoms with E-state index >= 15 is 0 Å². The zero-order valence-corrected chi connectivity index (χ0v) is 13.2. The Kier molecular flexibility index (Phi) is 5.68. The predicted octanol–water partition coefficient (Wildman–Crippen LogP) is 3.15. The normalized spacial score (nSPS) is 10.4. The van der Waals surface area contributed by atoms with E-state index in [1.165, 1.54) is 31.2 Å². The van der Waals surface area contributed by atoms with Gasteiger partial charge in [-0.1, -0.05) is 6.07 Å². The Morgan fingerprint density at radius 3 is 2.33 bits per heavy atom. The molecule has 0 radical (unpaired) electrons. The second kappa shape index (κ2) is 7.72. The molecule has 7 heteroatoms. The fourth-order valence-corrected chi connectivity index (χ4v) is 2.01. The van der Waals surface area contributed by atoms with Gasteiger partial charge in [-0.15, -0.1) is 0 Å². The monoisotopic (exact) mass is 339 g/mol. The SMILES string of the molecule is COc1ccc(CN(C)C(=O)COc2ccc(F)cc2F)cc1F. The van der Waals surface area contributed by atoms with Gasteiger partial charge in [0.15, 0.2) is 29.7 Å². The zero-order valence-electron chi connectivity index (χ0n) is 13.2. The summed E-state index contributed by atoms with van der Waals surface area (Å²) in [5.41, 5.74) is 0.567. The topological polar surface area (TPSA) is 38.8 Å². The Balaban J connectivity index is 1.93. The fraction of sp³-hybridized carbons (Fsp3) is 0.235. The average molecular weight is 339 g/mol. The molecule has 0 heterocycles. The standard InChI is InChI=1S/C17H16F3NO3/c1-21(9-11-3-5-15(23-2)13(19)7-11)17(22)10-24-16-6-4-12(18)8-14(16)20/h3-8H,9-10H2,1-2H3. The van der Waals surface area contributed by atoms with Crippen molar-refractivity contribution < 1.29 is 27.4 Å². The largest absolute Gasteiger partial charge is 0.494 e. The minimum atomic E-state index is -0.886. The van der Waals surface area contributed by atoms with Crippen LogP contribution in [0.1, 0.15) is 5.56 Å². The lowest BCUT2D eigenvalue weighted by Crippen LogP contribution is -2.31. The van der Waals surface area contributed by atoms with Gasteiger partial charge in [-0.3, -0.25) is 4.79 Å². The van der Waals surface area contributed by atoms with E-state index in [9.17, 15) is 18.0 Å². The average Bonchev–Trinajstić information content (AvgIpc) is 2.54. The molecule has 1 amide bonds. The van der Waals surface area contributed by atoms with Crippen molar-refractivity contribution in [3.63, 3.8) is 0 Å². The van der Waals surface area contributed by atoms with E-state index in [0.29, 0.717) is 11.6 Å². The van der Waals surface area contributed by atoms with Gasteiger partial charge in [0.25, 0.3) is 5.91 Å². The number of rotatable bonds is 6. The number of carbonyl (C=O) groups is 1. The van der Waals surface area contributed by atoms with E-state index in [1.807, 2.05) is 0 Å². The first-order valence-electron chi connectivity index (χ1n) is 7.05. The van der Waals surface area contributed by atoms with Crippen LogP contribution in [0, 0.1) is 17.5 Å². The fourth-order valence-electron chi connectivity index (χ4n) is 2.01. The summed E-state index contributed by atoms with van der Waals surface area (Å²) in [6, 6.07) is 7.18. The molecule has 0 aromatic heterocycles. The predicted molar refractivity (Wildman–Crippen MR) is 81.3 cm³/mol. The minimum Gasteiger partial charge on any atom is -0.494 e. The molecular formula is C17H16F3NO3. The van der Waals surface area contributed by atoms with Crippen LogP contribution in [-0.2, 0) is 11.3 Å². The van der Waals surface area contributed by atoms with Gasteiger partial charge in [-0.05, 0) is 29.8 Å². The molecule has 24 heavy (non-hydrogen) atoms. The summed E-state index contributed by atoms with van der Waals surface area (Å²) in [4.78, 5) is 13.3. The molecule has 0 aliphatic heterocycles. The molecule has 2 rings (SSSR count). The number of methoxy groups -OCH3 is 1. The van der Waals surface area contributed by atoms with Crippen molar-refractivity contribution in [2.45, 2.75) is 6.54 Å². The molecule has 0 aliphatic carbocycles. The molecular weight excluding hydrogens is 323 g/mol. The maximum absolute atomic E-state index is 13.6. The van der Waals surface area contributed by atoms with Gasteiger partial charge in [-0.2, -0.15) is 0 Å². The lowest BCUT2D eigenvalue weighted by molar-refractivity contribution is -0.132. The maximum atomic E-state index is 13.6. The summed E-state index contributed by atoms with van der Waals surface area (Å²) < 4.78 is 49.7. The molecule has 0 N–H and O–H groups in total. The van der Waals surface area contributed by atoms with E-state index in [1.54, 1.807) is 6.07 Å². The molecule has 0 spiro atoms. The summed E-state index contributed by atoms with van der Waals surface area (Å²) in [5.74, 6) is -2.68. The Hall–Kier alpha value is -2.70. The third kappa shape index (κ3) is 4.41. The first kappa shape index (κ1) is 17.7. The van der Waals surface area contributed by atoms with Crippen LogP contribution < -0.4 is 9.47 Å². The van der Waals surface area contributed by atoms with Crippen LogP contribution in [0.25, 0.3) is 0 Å². The highest BCUT2D eigenvalue weighted by molar-refractivity contribution is 5.77. The second-order valence-corrected chi connectivity index (χ2v) is 5.08. The van der Waals surface area contributed by atoms with Gasteiger partial charge >= 0.3 is 0 Å². The lowest BCUT2D eigenvalue weighted by atomic mass is 10.2. The molecule has 0 fully saturated rings. The van der Waals surface area contributed by atoms with Crippen molar-refractivity contribution in [3.05, 3.63) is 59.4 Å². The van der Waals surface area contributed by atoms with Gasteiger partial charge < -0.3 is 14.4 Å². The number of hydrogen-bond acceptors (Lipinski definition) is 3. The maximum Gasteiger partial charge on any atom is 0.260 e. The highest BCUT2D eigenvalue weighted by atomic mass is 19.1. The van der Waals surface area contributed by atoms with E-state index in [-0.39, 0.29) is 18.0 Å². The number of benzene rings is 2. The van der Waals surface area contributed by atoms with Crippen LogP contribution >= 0.6 is 0 Å².